The number of rotatable bonds is 2. The zero-order valence-corrected chi connectivity index (χ0v) is 11.2. The molecule has 0 amide bonds. The predicted molar refractivity (Wildman–Crippen MR) is 67.6 cm³/mol. The summed E-state index contributed by atoms with van der Waals surface area (Å²) in [7, 11) is 0. The maximum atomic E-state index is 12.4. The van der Waals surface area contributed by atoms with Crippen molar-refractivity contribution in [3.8, 4) is 10.4 Å². The Hall–Kier alpha value is -1.40. The minimum absolute atomic E-state index is 0.197. The lowest BCUT2D eigenvalue weighted by molar-refractivity contribution is -0.137. The summed E-state index contributed by atoms with van der Waals surface area (Å²) < 4.78 is 37.3. The van der Waals surface area contributed by atoms with Crippen molar-refractivity contribution in [3.05, 3.63) is 40.0 Å². The Morgan fingerprint density at radius 1 is 1.37 bits per heavy atom. The average Bonchev–Trinajstić information content (AvgIpc) is 2.76. The van der Waals surface area contributed by atoms with Gasteiger partial charge < -0.3 is 0 Å². The van der Waals surface area contributed by atoms with Crippen LogP contribution in [0, 0.1) is 0 Å². The van der Waals surface area contributed by atoms with Crippen LogP contribution in [0.5, 0.6) is 0 Å². The van der Waals surface area contributed by atoms with Crippen LogP contribution >= 0.6 is 22.9 Å². The van der Waals surface area contributed by atoms with E-state index in [0.29, 0.717) is 27.3 Å². The largest absolute Gasteiger partial charge is 0.443 e. The van der Waals surface area contributed by atoms with Gasteiger partial charge in [-0.1, -0.05) is 17.7 Å². The molecule has 100 valence electrons. The van der Waals surface area contributed by atoms with Gasteiger partial charge in [-0.15, -0.1) is 11.3 Å². The second-order valence-corrected chi connectivity index (χ2v) is 5.22. The third kappa shape index (κ3) is 2.96. The van der Waals surface area contributed by atoms with Crippen LogP contribution in [0.1, 0.15) is 22.3 Å². The van der Waals surface area contributed by atoms with E-state index in [4.69, 9.17) is 11.6 Å². The van der Waals surface area contributed by atoms with Gasteiger partial charge in [-0.3, -0.25) is 4.79 Å². The van der Waals surface area contributed by atoms with Crippen molar-refractivity contribution >= 4 is 28.7 Å². The average molecular weight is 306 g/mol. The van der Waals surface area contributed by atoms with E-state index in [-0.39, 0.29) is 10.8 Å². The molecule has 7 heteroatoms. The number of hydrogen-bond donors (Lipinski definition) is 0. The molecule has 0 atom stereocenters. The summed E-state index contributed by atoms with van der Waals surface area (Å²) in [5, 5.41) is -0.693. The number of halogens is 4. The molecule has 0 aliphatic carbocycles. The van der Waals surface area contributed by atoms with Gasteiger partial charge in [0.25, 0.3) is 0 Å². The van der Waals surface area contributed by atoms with E-state index < -0.39 is 11.2 Å². The van der Waals surface area contributed by atoms with Crippen molar-refractivity contribution < 1.29 is 18.0 Å². The summed E-state index contributed by atoms with van der Waals surface area (Å²) in [5.41, 5.74) is 0.842. The van der Waals surface area contributed by atoms with Crippen molar-refractivity contribution in [2.45, 2.75) is 13.1 Å². The van der Waals surface area contributed by atoms with Crippen LogP contribution in [0.15, 0.2) is 24.4 Å². The number of Topliss-reactive ketones (excluding diaryl/α,β-unsaturated/α-hetero) is 1. The molecule has 1 aromatic carbocycles. The first-order valence-corrected chi connectivity index (χ1v) is 6.32. The van der Waals surface area contributed by atoms with Crippen molar-refractivity contribution in [3.63, 3.8) is 0 Å². The van der Waals surface area contributed by atoms with Gasteiger partial charge in [0.15, 0.2) is 10.8 Å². The first-order chi connectivity index (χ1) is 8.79. The predicted octanol–water partition coefficient (Wildman–Crippen LogP) is 4.68. The van der Waals surface area contributed by atoms with Gasteiger partial charge in [-0.2, -0.15) is 13.2 Å². The number of nitrogens with zero attached hydrogens (tertiary/aromatic N) is 1. The first kappa shape index (κ1) is 14.0. The summed E-state index contributed by atoms with van der Waals surface area (Å²) >= 11 is 6.45. The van der Waals surface area contributed by atoms with E-state index in [1.54, 1.807) is 6.07 Å². The second-order valence-electron chi connectivity index (χ2n) is 3.78. The summed E-state index contributed by atoms with van der Waals surface area (Å²) in [6.45, 7) is 1.37. The Kier molecular flexibility index (Phi) is 3.64. The molecule has 0 bridgehead atoms. The van der Waals surface area contributed by atoms with E-state index in [1.165, 1.54) is 19.1 Å². The SMILES string of the molecule is CC(=O)c1ccc(-c2cnc(C(F)(F)F)s2)cc1Cl. The molecule has 1 aromatic heterocycles. The van der Waals surface area contributed by atoms with E-state index in [9.17, 15) is 18.0 Å². The number of benzene rings is 1. The van der Waals surface area contributed by atoms with Crippen LogP contribution < -0.4 is 0 Å². The summed E-state index contributed by atoms with van der Waals surface area (Å²) in [6, 6.07) is 4.51. The van der Waals surface area contributed by atoms with Gasteiger partial charge in [0.1, 0.15) is 0 Å². The molecule has 2 aromatic rings. The zero-order chi connectivity index (χ0) is 14.2. The molecule has 0 aliphatic heterocycles. The Bertz CT molecular complexity index is 636. The lowest BCUT2D eigenvalue weighted by Gasteiger charge is -2.03. The molecule has 0 N–H and O–H groups in total. The maximum absolute atomic E-state index is 12.4. The van der Waals surface area contributed by atoms with Gasteiger partial charge in [-0.25, -0.2) is 4.98 Å². The summed E-state index contributed by atoms with van der Waals surface area (Å²) in [4.78, 5) is 14.9. The second kappa shape index (κ2) is 4.94. The minimum atomic E-state index is -4.45. The molecule has 1 heterocycles. The van der Waals surface area contributed by atoms with Crippen molar-refractivity contribution in [2.75, 3.05) is 0 Å². The van der Waals surface area contributed by atoms with Crippen LogP contribution in [0.3, 0.4) is 0 Å². The molecule has 0 saturated heterocycles. The van der Waals surface area contributed by atoms with Crippen LogP contribution in [-0.4, -0.2) is 10.8 Å². The summed E-state index contributed by atoms with van der Waals surface area (Å²) in [5.74, 6) is -0.197. The number of hydrogen-bond acceptors (Lipinski definition) is 3. The Morgan fingerprint density at radius 3 is 2.53 bits per heavy atom. The molecular weight excluding hydrogens is 299 g/mol. The number of ketones is 1. The Labute approximate surface area is 115 Å². The number of thiazole rings is 1. The maximum Gasteiger partial charge on any atom is 0.443 e. The molecule has 2 rings (SSSR count). The van der Waals surface area contributed by atoms with Gasteiger partial charge in [0.05, 0.1) is 9.90 Å². The fraction of sp³-hybridized carbons (Fsp3) is 0.167. The van der Waals surface area contributed by atoms with Crippen molar-refractivity contribution in [1.29, 1.82) is 0 Å². The van der Waals surface area contributed by atoms with Crippen LogP contribution in [0.2, 0.25) is 5.02 Å². The molecule has 0 saturated carbocycles. The number of carbonyl (C=O) groups is 1. The van der Waals surface area contributed by atoms with Crippen LogP contribution in [0.25, 0.3) is 10.4 Å². The molecular formula is C12H7ClF3NOS. The highest BCUT2D eigenvalue weighted by molar-refractivity contribution is 7.15. The number of aromatic nitrogens is 1. The fourth-order valence-electron chi connectivity index (χ4n) is 1.49. The number of carbonyl (C=O) groups excluding carboxylic acids is 1. The lowest BCUT2D eigenvalue weighted by atomic mass is 10.1. The van der Waals surface area contributed by atoms with Crippen LogP contribution in [-0.2, 0) is 6.18 Å². The Morgan fingerprint density at radius 2 is 2.05 bits per heavy atom. The fourth-order valence-corrected chi connectivity index (χ4v) is 2.59. The molecule has 0 spiro atoms. The molecule has 19 heavy (non-hydrogen) atoms. The molecule has 0 unspecified atom stereocenters. The van der Waals surface area contributed by atoms with E-state index in [1.807, 2.05) is 0 Å². The number of alkyl halides is 3. The highest BCUT2D eigenvalue weighted by Crippen LogP contribution is 2.37. The standard InChI is InChI=1S/C12H7ClF3NOS/c1-6(18)8-3-2-7(4-9(8)13)10-5-17-11(19-10)12(14,15)16/h2-5H,1H3. The van der Waals surface area contributed by atoms with Gasteiger partial charge in [-0.05, 0) is 24.6 Å². The lowest BCUT2D eigenvalue weighted by Crippen LogP contribution is -2.02. The first-order valence-electron chi connectivity index (χ1n) is 5.13. The van der Waals surface area contributed by atoms with E-state index in [0.717, 1.165) is 6.20 Å². The van der Waals surface area contributed by atoms with Crippen molar-refractivity contribution in [1.82, 2.24) is 4.98 Å². The van der Waals surface area contributed by atoms with Crippen molar-refractivity contribution in [2.24, 2.45) is 0 Å². The molecule has 0 radical (unpaired) electrons. The summed E-state index contributed by atoms with van der Waals surface area (Å²) in [6.07, 6.45) is -3.31. The van der Waals surface area contributed by atoms with Gasteiger partial charge in [0, 0.05) is 11.8 Å². The zero-order valence-electron chi connectivity index (χ0n) is 9.58. The quantitative estimate of drug-likeness (QED) is 0.754. The smallest absolute Gasteiger partial charge is 0.294 e. The molecule has 2 nitrogen and oxygen atoms in total. The van der Waals surface area contributed by atoms with Gasteiger partial charge >= 0.3 is 6.18 Å². The third-order valence-corrected chi connectivity index (χ3v) is 3.79. The highest BCUT2D eigenvalue weighted by Gasteiger charge is 2.34. The highest BCUT2D eigenvalue weighted by atomic mass is 35.5. The van der Waals surface area contributed by atoms with Gasteiger partial charge in [0.2, 0.25) is 0 Å². The topological polar surface area (TPSA) is 30.0 Å². The molecule has 0 aliphatic rings. The van der Waals surface area contributed by atoms with Crippen LogP contribution in [0.4, 0.5) is 13.2 Å². The minimum Gasteiger partial charge on any atom is -0.294 e. The monoisotopic (exact) mass is 305 g/mol. The third-order valence-electron chi connectivity index (χ3n) is 2.38. The normalized spacial score (nSPS) is 11.6. The van der Waals surface area contributed by atoms with E-state index >= 15 is 0 Å². The molecule has 0 fully saturated rings. The Balaban J connectivity index is 2.40. The van der Waals surface area contributed by atoms with E-state index in [2.05, 4.69) is 4.98 Å².